The van der Waals surface area contributed by atoms with Crippen molar-refractivity contribution in [3.8, 4) is 0 Å². The van der Waals surface area contributed by atoms with E-state index in [0.29, 0.717) is 38.2 Å². The summed E-state index contributed by atoms with van der Waals surface area (Å²) in [6.07, 6.45) is -2.38. The molecule has 1 saturated heterocycles. The Labute approximate surface area is 253 Å². The van der Waals surface area contributed by atoms with Gasteiger partial charge in [-0.25, -0.2) is 0 Å². The van der Waals surface area contributed by atoms with E-state index in [4.69, 9.17) is 0 Å². The summed E-state index contributed by atoms with van der Waals surface area (Å²) in [6.45, 7) is 5.46. The predicted octanol–water partition coefficient (Wildman–Crippen LogP) is 7.66. The highest BCUT2D eigenvalue weighted by atomic mass is 35.5. The van der Waals surface area contributed by atoms with Gasteiger partial charge < -0.3 is 4.90 Å². The number of pyridine rings is 1. The van der Waals surface area contributed by atoms with Crippen molar-refractivity contribution in [3.63, 3.8) is 0 Å². The van der Waals surface area contributed by atoms with Gasteiger partial charge in [0.1, 0.15) is 0 Å². The zero-order valence-corrected chi connectivity index (χ0v) is 24.5. The van der Waals surface area contributed by atoms with Crippen LogP contribution in [0.2, 0.25) is 0 Å². The summed E-state index contributed by atoms with van der Waals surface area (Å²) in [5, 5.41) is 0. The molecule has 1 aliphatic heterocycles. The number of amides is 1. The predicted molar refractivity (Wildman–Crippen MR) is 155 cm³/mol. The number of alkyl halides is 6. The lowest BCUT2D eigenvalue weighted by atomic mass is 9.97. The van der Waals surface area contributed by atoms with Crippen molar-refractivity contribution in [2.45, 2.75) is 38.7 Å². The lowest BCUT2D eigenvalue weighted by Gasteiger charge is -2.41. The van der Waals surface area contributed by atoms with Crippen LogP contribution in [-0.2, 0) is 18.8 Å². The van der Waals surface area contributed by atoms with E-state index in [-0.39, 0.29) is 37.4 Å². The van der Waals surface area contributed by atoms with Crippen molar-refractivity contribution < 1.29 is 31.1 Å². The van der Waals surface area contributed by atoms with E-state index in [1.807, 2.05) is 56.3 Å². The first-order valence-corrected chi connectivity index (χ1v) is 12.8. The number of halogens is 8. The Morgan fingerprint density at radius 2 is 1.60 bits per heavy atom. The average molecular weight is 634 g/mol. The Balaban J connectivity index is 0.00000308. The monoisotopic (exact) mass is 633 g/mol. The lowest BCUT2D eigenvalue weighted by Crippen LogP contribution is -2.56. The SMILES string of the molecule is Cc1ccc(C[C@@H]2CN(C/C=C/c3cccnc3)CCN2C(=O)c2cc(C(F)(F)F)cc(C(F)(F)F)c2)cc1C.Cl.Cl. The van der Waals surface area contributed by atoms with Gasteiger partial charge in [0.05, 0.1) is 11.1 Å². The van der Waals surface area contributed by atoms with Crippen molar-refractivity contribution in [2.24, 2.45) is 0 Å². The van der Waals surface area contributed by atoms with Crippen LogP contribution in [0.15, 0.2) is 67.0 Å². The summed E-state index contributed by atoms with van der Waals surface area (Å²) < 4.78 is 80.8. The minimum Gasteiger partial charge on any atom is -0.333 e. The second kappa shape index (κ2) is 14.4. The van der Waals surface area contributed by atoms with E-state index in [9.17, 15) is 31.1 Å². The highest BCUT2D eigenvalue weighted by molar-refractivity contribution is 5.95. The van der Waals surface area contributed by atoms with E-state index >= 15 is 0 Å². The fourth-order valence-corrected chi connectivity index (χ4v) is 4.79. The summed E-state index contributed by atoms with van der Waals surface area (Å²) in [5.74, 6) is -0.851. The lowest BCUT2D eigenvalue weighted by molar-refractivity contribution is -0.143. The van der Waals surface area contributed by atoms with E-state index in [0.717, 1.165) is 22.3 Å². The molecule has 4 rings (SSSR count). The van der Waals surface area contributed by atoms with Gasteiger partial charge in [-0.3, -0.25) is 14.7 Å². The molecule has 1 fully saturated rings. The fraction of sp³-hybridized carbons (Fsp3) is 0.333. The van der Waals surface area contributed by atoms with E-state index in [2.05, 4.69) is 9.88 Å². The largest absolute Gasteiger partial charge is 0.416 e. The van der Waals surface area contributed by atoms with Crippen LogP contribution >= 0.6 is 24.8 Å². The first kappa shape index (κ1) is 35.1. The van der Waals surface area contributed by atoms with E-state index < -0.39 is 41.0 Å². The topological polar surface area (TPSA) is 36.4 Å². The standard InChI is InChI=1S/C30H29F6N3O.2ClH/c1-20-7-8-23(13-21(20)2)14-27-19-38(10-4-6-22-5-3-9-37-18-22)11-12-39(27)28(40)24-15-25(29(31,32)33)17-26(16-24)30(34,35)36;;/h3-9,13,15-18,27H,10-12,14,19H2,1-2H3;2*1H/b6-4+;;/t27-;;/m1../s1. The second-order valence-corrected chi connectivity index (χ2v) is 10.0. The molecule has 0 unspecified atom stereocenters. The maximum atomic E-state index is 13.5. The third-order valence-corrected chi connectivity index (χ3v) is 7.06. The van der Waals surface area contributed by atoms with Crippen LogP contribution in [0.4, 0.5) is 26.3 Å². The Kier molecular flexibility index (Phi) is 12.0. The molecule has 4 nitrogen and oxygen atoms in total. The molecule has 0 N–H and O–H groups in total. The first-order chi connectivity index (χ1) is 18.8. The number of carbonyl (C=O) groups excluding carboxylic acids is 1. The molecule has 1 aliphatic rings. The molecule has 0 spiro atoms. The third-order valence-electron chi connectivity index (χ3n) is 7.06. The zero-order valence-electron chi connectivity index (χ0n) is 22.9. The maximum absolute atomic E-state index is 13.5. The van der Waals surface area contributed by atoms with Gasteiger partial charge >= 0.3 is 12.4 Å². The Morgan fingerprint density at radius 3 is 2.17 bits per heavy atom. The van der Waals surface area contributed by atoms with Gasteiger partial charge in [0, 0.05) is 50.2 Å². The normalized spacial score (nSPS) is 16.2. The Hall–Kier alpha value is -3.08. The number of aryl methyl sites for hydroxylation is 2. The number of piperazine rings is 1. The molecule has 12 heteroatoms. The van der Waals surface area contributed by atoms with Crippen LogP contribution in [0.1, 0.15) is 43.7 Å². The molecule has 1 aromatic heterocycles. The van der Waals surface area contributed by atoms with Crippen LogP contribution in [0, 0.1) is 13.8 Å². The molecule has 0 aliphatic carbocycles. The van der Waals surface area contributed by atoms with Crippen LogP contribution in [0.5, 0.6) is 0 Å². The number of benzene rings is 2. The van der Waals surface area contributed by atoms with Crippen molar-refractivity contribution in [1.82, 2.24) is 14.8 Å². The van der Waals surface area contributed by atoms with Gasteiger partial charge in [-0.15, -0.1) is 24.8 Å². The van der Waals surface area contributed by atoms with Gasteiger partial charge in [0.25, 0.3) is 5.91 Å². The quantitative estimate of drug-likeness (QED) is 0.262. The van der Waals surface area contributed by atoms with Gasteiger partial charge in [0.15, 0.2) is 0 Å². The second-order valence-electron chi connectivity index (χ2n) is 10.0. The smallest absolute Gasteiger partial charge is 0.333 e. The van der Waals surface area contributed by atoms with Gasteiger partial charge in [-0.05, 0) is 66.8 Å². The van der Waals surface area contributed by atoms with Crippen molar-refractivity contribution in [3.05, 3.63) is 106 Å². The zero-order chi connectivity index (χ0) is 29.1. The summed E-state index contributed by atoms with van der Waals surface area (Å²) in [5.41, 5.74) is 0.358. The summed E-state index contributed by atoms with van der Waals surface area (Å²) >= 11 is 0. The molecule has 228 valence electrons. The molecule has 1 atom stereocenters. The molecule has 0 radical (unpaired) electrons. The summed E-state index contributed by atoms with van der Waals surface area (Å²) in [7, 11) is 0. The molecule has 2 aromatic carbocycles. The number of rotatable bonds is 6. The number of nitrogens with zero attached hydrogens (tertiary/aromatic N) is 3. The average Bonchev–Trinajstić information content (AvgIpc) is 2.90. The minimum atomic E-state index is -5.03. The van der Waals surface area contributed by atoms with Crippen molar-refractivity contribution in [1.29, 1.82) is 0 Å². The van der Waals surface area contributed by atoms with E-state index in [1.165, 1.54) is 4.90 Å². The van der Waals surface area contributed by atoms with Crippen molar-refractivity contribution in [2.75, 3.05) is 26.2 Å². The molecule has 1 amide bonds. The van der Waals surface area contributed by atoms with Gasteiger partial charge in [0.2, 0.25) is 0 Å². The van der Waals surface area contributed by atoms with Crippen LogP contribution in [-0.4, -0.2) is 52.9 Å². The highest BCUT2D eigenvalue weighted by Gasteiger charge is 2.39. The van der Waals surface area contributed by atoms with Gasteiger partial charge in [-0.1, -0.05) is 36.4 Å². The van der Waals surface area contributed by atoms with Crippen LogP contribution < -0.4 is 0 Å². The Bertz CT molecular complexity index is 1350. The summed E-state index contributed by atoms with van der Waals surface area (Å²) in [6, 6.07) is 10.2. The molecule has 3 aromatic rings. The number of carbonyl (C=O) groups is 1. The number of hydrogen-bond acceptors (Lipinski definition) is 3. The van der Waals surface area contributed by atoms with Crippen LogP contribution in [0.25, 0.3) is 6.08 Å². The summed E-state index contributed by atoms with van der Waals surface area (Å²) in [4.78, 5) is 21.1. The fourth-order valence-electron chi connectivity index (χ4n) is 4.79. The molecule has 0 bridgehead atoms. The highest BCUT2D eigenvalue weighted by Crippen LogP contribution is 2.37. The van der Waals surface area contributed by atoms with Crippen LogP contribution in [0.3, 0.4) is 0 Å². The van der Waals surface area contributed by atoms with Crippen molar-refractivity contribution >= 4 is 36.8 Å². The molecular formula is C30H31Cl2F6N3O. The minimum absolute atomic E-state index is 0. The molecular weight excluding hydrogens is 603 g/mol. The van der Waals surface area contributed by atoms with Gasteiger partial charge in [-0.2, -0.15) is 26.3 Å². The number of hydrogen-bond donors (Lipinski definition) is 0. The molecule has 0 saturated carbocycles. The molecule has 42 heavy (non-hydrogen) atoms. The Morgan fingerprint density at radius 1 is 0.929 bits per heavy atom. The third kappa shape index (κ3) is 8.96. The first-order valence-electron chi connectivity index (χ1n) is 12.8. The molecule has 2 heterocycles. The van der Waals surface area contributed by atoms with E-state index in [1.54, 1.807) is 12.4 Å². The number of aromatic nitrogens is 1. The maximum Gasteiger partial charge on any atom is 0.416 e.